The number of phenols is 1. The number of phenolic OH excluding ortho intramolecular Hbond substituents is 1. The van der Waals surface area contributed by atoms with Crippen LogP contribution in [0.2, 0.25) is 0 Å². The van der Waals surface area contributed by atoms with Crippen LogP contribution in [-0.2, 0) is 11.3 Å². The van der Waals surface area contributed by atoms with Crippen LogP contribution < -0.4 is 15.4 Å². The smallest absolute Gasteiger partial charge is 0.404 e. The summed E-state index contributed by atoms with van der Waals surface area (Å²) in [6.07, 6.45) is 2.32. The molecule has 2 aliphatic rings. The first kappa shape index (κ1) is 28.3. The fourth-order valence-corrected chi connectivity index (χ4v) is 5.32. The Morgan fingerprint density at radius 3 is 2.49 bits per heavy atom. The predicted octanol–water partition coefficient (Wildman–Crippen LogP) is 4.53. The van der Waals surface area contributed by atoms with Crippen LogP contribution in [0.25, 0.3) is 11.1 Å². The van der Waals surface area contributed by atoms with Crippen molar-refractivity contribution in [3.63, 3.8) is 0 Å². The molecule has 2 aromatic carbocycles. The van der Waals surface area contributed by atoms with Gasteiger partial charge in [0, 0.05) is 31.7 Å². The quantitative estimate of drug-likeness (QED) is 0.314. The van der Waals surface area contributed by atoms with Crippen molar-refractivity contribution < 1.29 is 33.7 Å². The van der Waals surface area contributed by atoms with Crippen LogP contribution in [0.15, 0.2) is 54.7 Å². The minimum Gasteiger partial charge on any atom is -0.508 e. The minimum absolute atomic E-state index is 0.0264. The number of aromatic nitrogens is 1. The Morgan fingerprint density at radius 2 is 1.76 bits per heavy atom. The maximum absolute atomic E-state index is 14.2. The summed E-state index contributed by atoms with van der Waals surface area (Å²) >= 11 is 0. The van der Waals surface area contributed by atoms with Crippen molar-refractivity contribution >= 4 is 12.0 Å². The average Bonchev–Trinajstić information content (AvgIpc) is 2.95. The average molecular weight is 565 g/mol. The van der Waals surface area contributed by atoms with Crippen LogP contribution in [0.1, 0.15) is 41.6 Å². The summed E-state index contributed by atoms with van der Waals surface area (Å²) < 4.78 is 25.6. The van der Waals surface area contributed by atoms with E-state index in [4.69, 9.17) is 14.6 Å². The molecule has 11 heteroatoms. The first-order chi connectivity index (χ1) is 19.8. The van der Waals surface area contributed by atoms with Gasteiger partial charge in [0.2, 0.25) is 5.88 Å². The number of morpholine rings is 1. The van der Waals surface area contributed by atoms with Crippen molar-refractivity contribution in [2.24, 2.45) is 0 Å². The molecule has 216 valence electrons. The van der Waals surface area contributed by atoms with Crippen molar-refractivity contribution in [3.05, 3.63) is 71.7 Å². The molecule has 4 N–H and O–H groups in total. The van der Waals surface area contributed by atoms with Crippen molar-refractivity contribution in [1.82, 2.24) is 20.5 Å². The molecule has 0 atom stereocenters. The van der Waals surface area contributed by atoms with Crippen LogP contribution in [0.5, 0.6) is 17.4 Å². The molecule has 2 heterocycles. The number of aromatic hydroxyl groups is 1. The first-order valence-corrected chi connectivity index (χ1v) is 13.7. The van der Waals surface area contributed by atoms with Crippen molar-refractivity contribution in [1.29, 1.82) is 0 Å². The van der Waals surface area contributed by atoms with Crippen molar-refractivity contribution in [2.75, 3.05) is 26.3 Å². The molecule has 0 unspecified atom stereocenters. The summed E-state index contributed by atoms with van der Waals surface area (Å²) in [5.41, 5.74) is 2.71. The van der Waals surface area contributed by atoms with Crippen LogP contribution >= 0.6 is 0 Å². The third-order valence-electron chi connectivity index (χ3n) is 7.40. The molecule has 1 saturated heterocycles. The van der Waals surface area contributed by atoms with E-state index in [0.29, 0.717) is 51.2 Å². The Morgan fingerprint density at radius 1 is 1.02 bits per heavy atom. The van der Waals surface area contributed by atoms with Crippen LogP contribution in [0.3, 0.4) is 0 Å². The maximum Gasteiger partial charge on any atom is 0.404 e. The second-order valence-electron chi connectivity index (χ2n) is 10.3. The number of hydrogen-bond donors (Lipinski definition) is 4. The molecule has 2 fully saturated rings. The highest BCUT2D eigenvalue weighted by molar-refractivity contribution is 5.96. The lowest BCUT2D eigenvalue weighted by molar-refractivity contribution is 0.0342. The summed E-state index contributed by atoms with van der Waals surface area (Å²) in [6, 6.07) is 13.3. The highest BCUT2D eigenvalue weighted by atomic mass is 19.1. The normalized spacial score (nSPS) is 19.3. The van der Waals surface area contributed by atoms with Gasteiger partial charge in [-0.1, -0.05) is 18.2 Å². The molecule has 10 nitrogen and oxygen atoms in total. The highest BCUT2D eigenvalue weighted by Crippen LogP contribution is 2.33. The zero-order valence-electron chi connectivity index (χ0n) is 22.5. The number of rotatable bonds is 8. The van der Waals surface area contributed by atoms with Crippen LogP contribution in [0.4, 0.5) is 9.18 Å². The Hall–Kier alpha value is -4.22. The maximum atomic E-state index is 14.2. The number of carbonyl (C=O) groups is 2. The fraction of sp³-hybridized carbons (Fsp3) is 0.367. The molecule has 41 heavy (non-hydrogen) atoms. The van der Waals surface area contributed by atoms with E-state index in [-0.39, 0.29) is 29.3 Å². The number of carboxylic acid groups (broad SMARTS) is 1. The molecule has 2 amide bonds. The van der Waals surface area contributed by atoms with E-state index in [1.165, 1.54) is 0 Å². The van der Waals surface area contributed by atoms with Crippen LogP contribution in [-0.4, -0.2) is 70.5 Å². The lowest BCUT2D eigenvalue weighted by Crippen LogP contribution is -2.43. The first-order valence-electron chi connectivity index (χ1n) is 13.7. The lowest BCUT2D eigenvalue weighted by atomic mass is 9.91. The Bertz CT molecular complexity index is 1390. The predicted molar refractivity (Wildman–Crippen MR) is 149 cm³/mol. The zero-order valence-corrected chi connectivity index (χ0v) is 22.5. The van der Waals surface area contributed by atoms with Gasteiger partial charge in [-0.05, 0) is 72.7 Å². The summed E-state index contributed by atoms with van der Waals surface area (Å²) in [4.78, 5) is 30.4. The summed E-state index contributed by atoms with van der Waals surface area (Å²) in [5.74, 6) is -0.600. The van der Waals surface area contributed by atoms with E-state index in [1.807, 2.05) is 24.3 Å². The molecular weight excluding hydrogens is 531 g/mol. The molecule has 1 saturated carbocycles. The van der Waals surface area contributed by atoms with Gasteiger partial charge in [0.25, 0.3) is 5.91 Å². The number of ether oxygens (including phenoxy) is 2. The molecular formula is C30H33FN4O6. The number of hydrogen-bond acceptors (Lipinski definition) is 7. The summed E-state index contributed by atoms with van der Waals surface area (Å²) in [5, 5.41) is 24.5. The lowest BCUT2D eigenvalue weighted by Gasteiger charge is -2.29. The van der Waals surface area contributed by atoms with Gasteiger partial charge in [-0.25, -0.2) is 14.2 Å². The largest absolute Gasteiger partial charge is 0.508 e. The third-order valence-corrected chi connectivity index (χ3v) is 7.40. The van der Waals surface area contributed by atoms with Crippen LogP contribution in [0, 0.1) is 5.82 Å². The van der Waals surface area contributed by atoms with E-state index < -0.39 is 17.8 Å². The van der Waals surface area contributed by atoms with E-state index in [9.17, 15) is 19.1 Å². The summed E-state index contributed by atoms with van der Waals surface area (Å²) in [6.45, 7) is 3.60. The van der Waals surface area contributed by atoms with E-state index in [1.54, 1.807) is 18.2 Å². The fourth-order valence-electron chi connectivity index (χ4n) is 5.32. The Balaban J connectivity index is 1.32. The van der Waals surface area contributed by atoms with Gasteiger partial charge in [0.1, 0.15) is 22.9 Å². The van der Waals surface area contributed by atoms with E-state index >= 15 is 0 Å². The number of nitrogens with zero attached hydrogens (tertiary/aromatic N) is 2. The van der Waals surface area contributed by atoms with E-state index in [0.717, 1.165) is 42.0 Å². The Labute approximate surface area is 237 Å². The molecule has 0 radical (unpaired) electrons. The van der Waals surface area contributed by atoms with Gasteiger partial charge in [-0.2, -0.15) is 0 Å². The monoisotopic (exact) mass is 564 g/mol. The van der Waals surface area contributed by atoms with E-state index in [2.05, 4.69) is 20.5 Å². The van der Waals surface area contributed by atoms with Gasteiger partial charge in [-0.3, -0.25) is 9.69 Å². The van der Waals surface area contributed by atoms with Gasteiger partial charge in [0.05, 0.1) is 19.4 Å². The van der Waals surface area contributed by atoms with Gasteiger partial charge >= 0.3 is 6.09 Å². The number of benzene rings is 2. The standard InChI is InChI=1S/C30H33FN4O6/c31-21-16-27(28(37)33-22-4-6-23(7-5-22)34-30(38)39)29(32-17-21)41-25-3-1-2-19(15-25)26-9-8-24(36)14-20(26)18-35-10-12-40-13-11-35/h1-3,8-9,14-17,22-23,34,36H,4-7,10-13,18H2,(H,33,37)(H,38,39)/t22-,23-. The topological polar surface area (TPSA) is 133 Å². The summed E-state index contributed by atoms with van der Waals surface area (Å²) in [7, 11) is 0. The number of nitrogens with one attached hydrogen (secondary N) is 2. The van der Waals surface area contributed by atoms with Crippen molar-refractivity contribution in [3.8, 4) is 28.5 Å². The molecule has 1 aromatic heterocycles. The number of pyridine rings is 1. The highest BCUT2D eigenvalue weighted by Gasteiger charge is 2.25. The molecule has 1 aliphatic carbocycles. The molecule has 0 bridgehead atoms. The van der Waals surface area contributed by atoms with Crippen molar-refractivity contribution in [2.45, 2.75) is 44.3 Å². The SMILES string of the molecule is O=C(O)N[C@H]1CC[C@H](NC(=O)c2cc(F)cnc2Oc2cccc(-c3ccc(O)cc3CN3CCOCC3)c2)CC1. The zero-order chi connectivity index (χ0) is 28.8. The third kappa shape index (κ3) is 7.50. The second kappa shape index (κ2) is 13.0. The number of carbonyl (C=O) groups excluding carboxylic acids is 1. The molecule has 3 aromatic rings. The van der Waals surface area contributed by atoms with Gasteiger partial charge in [0.15, 0.2) is 0 Å². The number of amides is 2. The second-order valence-corrected chi connectivity index (χ2v) is 10.3. The molecule has 0 spiro atoms. The number of halogens is 1. The molecule has 5 rings (SSSR count). The Kier molecular flexibility index (Phi) is 8.95. The van der Waals surface area contributed by atoms with Gasteiger partial charge < -0.3 is 30.3 Å². The minimum atomic E-state index is -1.06. The molecule has 1 aliphatic heterocycles. The van der Waals surface area contributed by atoms with Gasteiger partial charge in [-0.15, -0.1) is 0 Å².